The number of rotatable bonds is 6. The summed E-state index contributed by atoms with van der Waals surface area (Å²) in [6.07, 6.45) is 2.86. The third kappa shape index (κ3) is 4.77. The van der Waals surface area contributed by atoms with E-state index in [0.29, 0.717) is 0 Å². The maximum Gasteiger partial charge on any atom is 0.137 e. The van der Waals surface area contributed by atoms with E-state index in [0.717, 1.165) is 57.4 Å². The van der Waals surface area contributed by atoms with E-state index < -0.39 is 0 Å². The number of hydrogen-bond acceptors (Lipinski definition) is 3. The molecule has 0 spiro atoms. The van der Waals surface area contributed by atoms with Gasteiger partial charge in [0, 0.05) is 40.4 Å². The van der Waals surface area contributed by atoms with Crippen LogP contribution in [0, 0.1) is 27.7 Å². The van der Waals surface area contributed by atoms with Gasteiger partial charge >= 0.3 is 0 Å². The van der Waals surface area contributed by atoms with Gasteiger partial charge in [0.25, 0.3) is 0 Å². The molecule has 0 saturated carbocycles. The number of aryl methyl sites for hydroxylation is 4. The number of pyridine rings is 1. The average molecular weight is 563 g/mol. The molecule has 43 heavy (non-hydrogen) atoms. The highest BCUT2D eigenvalue weighted by Gasteiger charge is 2.17. The quantitative estimate of drug-likeness (QED) is 0.203. The van der Waals surface area contributed by atoms with Crippen LogP contribution in [0.15, 0.2) is 103 Å². The second kappa shape index (κ2) is 10.6. The molecular formula is C38H34N4O. The van der Waals surface area contributed by atoms with E-state index in [4.69, 9.17) is 14.8 Å². The molecule has 0 aliphatic carbocycles. The maximum atomic E-state index is 6.57. The van der Waals surface area contributed by atoms with Gasteiger partial charge in [0.15, 0.2) is 0 Å². The minimum Gasteiger partial charge on any atom is -0.457 e. The van der Waals surface area contributed by atoms with Gasteiger partial charge < -0.3 is 4.74 Å². The lowest BCUT2D eigenvalue weighted by molar-refractivity contribution is 0.482. The van der Waals surface area contributed by atoms with E-state index in [-0.39, 0.29) is 0 Å². The fourth-order valence-electron chi connectivity index (χ4n) is 6.18. The van der Waals surface area contributed by atoms with Crippen LogP contribution in [0.2, 0.25) is 0 Å². The molecule has 0 atom stereocenters. The van der Waals surface area contributed by atoms with E-state index in [2.05, 4.69) is 124 Å². The summed E-state index contributed by atoms with van der Waals surface area (Å²) < 4.78 is 10.8. The summed E-state index contributed by atoms with van der Waals surface area (Å²) in [5, 5.41) is 7.33. The van der Waals surface area contributed by atoms with Crippen molar-refractivity contribution in [3.05, 3.63) is 131 Å². The Labute approximate surface area is 252 Å². The fourth-order valence-corrected chi connectivity index (χ4v) is 6.18. The minimum atomic E-state index is 0.771. The first-order chi connectivity index (χ1) is 20.9. The second-order valence-electron chi connectivity index (χ2n) is 11.3. The predicted octanol–water partition coefficient (Wildman–Crippen LogP) is 9.62. The van der Waals surface area contributed by atoms with Crippen molar-refractivity contribution in [3.63, 3.8) is 0 Å². The molecule has 0 amide bonds. The summed E-state index contributed by atoms with van der Waals surface area (Å²) in [4.78, 5) is 4.75. The van der Waals surface area contributed by atoms with Gasteiger partial charge in [-0.05, 0) is 105 Å². The summed E-state index contributed by atoms with van der Waals surface area (Å²) in [6, 6.07) is 34.0. The van der Waals surface area contributed by atoms with Crippen LogP contribution in [0.3, 0.4) is 0 Å². The Morgan fingerprint density at radius 1 is 0.698 bits per heavy atom. The molecule has 3 aromatic heterocycles. The molecule has 5 nitrogen and oxygen atoms in total. The molecule has 0 aliphatic rings. The lowest BCUT2D eigenvalue weighted by Gasteiger charge is -2.12. The first-order valence-corrected chi connectivity index (χ1v) is 14.8. The molecule has 4 aromatic carbocycles. The SMILES string of the molecule is CCc1ccc2c(c1)c1ccc(Oc3cc(C)cc(-n4nc(C)c(-c5ccccc5)c4C)c3)cc1n2-c1cc(C)ccn1. The van der Waals surface area contributed by atoms with Gasteiger partial charge in [-0.2, -0.15) is 5.10 Å². The van der Waals surface area contributed by atoms with E-state index in [9.17, 15) is 0 Å². The topological polar surface area (TPSA) is 44.9 Å². The molecule has 3 heterocycles. The van der Waals surface area contributed by atoms with Gasteiger partial charge in [-0.15, -0.1) is 0 Å². The number of benzene rings is 4. The highest BCUT2D eigenvalue weighted by Crippen LogP contribution is 2.36. The zero-order valence-electron chi connectivity index (χ0n) is 25.2. The van der Waals surface area contributed by atoms with E-state index in [1.807, 2.05) is 23.0 Å². The van der Waals surface area contributed by atoms with Gasteiger partial charge in [-0.3, -0.25) is 4.57 Å². The zero-order chi connectivity index (χ0) is 29.7. The van der Waals surface area contributed by atoms with Crippen LogP contribution in [0.25, 0.3) is 44.4 Å². The standard InChI is InChI=1S/C38H34N4O/c1-6-28-12-15-35-34(21-28)33-14-13-31(23-36(33)41(35)37-20-24(2)16-17-39-37)43-32-19-25(3)18-30(22-32)42-27(5)38(26(4)40-42)29-10-8-7-9-11-29/h7-23H,6H2,1-5H3. The third-order valence-corrected chi connectivity index (χ3v) is 8.21. The van der Waals surface area contributed by atoms with Crippen LogP contribution in [-0.2, 0) is 6.42 Å². The van der Waals surface area contributed by atoms with Crippen LogP contribution < -0.4 is 4.74 Å². The fraction of sp³-hybridized carbons (Fsp3) is 0.158. The van der Waals surface area contributed by atoms with Crippen molar-refractivity contribution in [3.8, 4) is 34.1 Å². The Morgan fingerprint density at radius 3 is 2.33 bits per heavy atom. The van der Waals surface area contributed by atoms with Gasteiger partial charge in [0.05, 0.1) is 22.4 Å². The molecule has 0 bridgehead atoms. The van der Waals surface area contributed by atoms with Crippen LogP contribution in [0.4, 0.5) is 0 Å². The first-order valence-electron chi connectivity index (χ1n) is 14.8. The lowest BCUT2D eigenvalue weighted by atomic mass is 10.0. The van der Waals surface area contributed by atoms with Gasteiger partial charge in [0.2, 0.25) is 0 Å². The minimum absolute atomic E-state index is 0.771. The van der Waals surface area contributed by atoms with Gasteiger partial charge in [-0.1, -0.05) is 43.3 Å². The number of nitrogens with zero attached hydrogens (tertiary/aromatic N) is 4. The summed E-state index contributed by atoms with van der Waals surface area (Å²) >= 11 is 0. The Bertz CT molecular complexity index is 2140. The van der Waals surface area contributed by atoms with E-state index >= 15 is 0 Å². The molecule has 7 rings (SSSR count). The number of fused-ring (bicyclic) bond motifs is 3. The second-order valence-corrected chi connectivity index (χ2v) is 11.3. The van der Waals surface area contributed by atoms with Crippen LogP contribution in [-0.4, -0.2) is 19.3 Å². The van der Waals surface area contributed by atoms with Crippen molar-refractivity contribution in [2.75, 3.05) is 0 Å². The number of ether oxygens (including phenoxy) is 1. The van der Waals surface area contributed by atoms with Crippen LogP contribution in [0.5, 0.6) is 11.5 Å². The van der Waals surface area contributed by atoms with Crippen molar-refractivity contribution in [2.45, 2.75) is 41.0 Å². The summed E-state index contributed by atoms with van der Waals surface area (Å²) in [6.45, 7) is 10.6. The molecular weight excluding hydrogens is 528 g/mol. The highest BCUT2D eigenvalue weighted by atomic mass is 16.5. The molecule has 0 radical (unpaired) electrons. The normalized spacial score (nSPS) is 11.5. The maximum absolute atomic E-state index is 6.57. The van der Waals surface area contributed by atoms with Crippen molar-refractivity contribution < 1.29 is 4.74 Å². The Kier molecular flexibility index (Phi) is 6.58. The van der Waals surface area contributed by atoms with E-state index in [1.165, 1.54) is 33.0 Å². The summed E-state index contributed by atoms with van der Waals surface area (Å²) in [5.41, 5.74) is 11.2. The molecule has 0 saturated heterocycles. The predicted molar refractivity (Wildman–Crippen MR) is 176 cm³/mol. The average Bonchev–Trinajstić information content (AvgIpc) is 3.49. The van der Waals surface area contributed by atoms with Crippen molar-refractivity contribution in [1.82, 2.24) is 19.3 Å². The molecule has 212 valence electrons. The van der Waals surface area contributed by atoms with E-state index in [1.54, 1.807) is 0 Å². The van der Waals surface area contributed by atoms with Crippen molar-refractivity contribution in [2.24, 2.45) is 0 Å². The summed E-state index contributed by atoms with van der Waals surface area (Å²) in [5.74, 6) is 2.44. The van der Waals surface area contributed by atoms with Gasteiger partial charge in [0.1, 0.15) is 17.3 Å². The molecule has 0 aliphatic heterocycles. The molecule has 0 fully saturated rings. The molecule has 0 unspecified atom stereocenters. The third-order valence-electron chi connectivity index (χ3n) is 8.21. The first kappa shape index (κ1) is 26.7. The van der Waals surface area contributed by atoms with Gasteiger partial charge in [-0.25, -0.2) is 9.67 Å². The van der Waals surface area contributed by atoms with Crippen molar-refractivity contribution >= 4 is 21.8 Å². The monoisotopic (exact) mass is 562 g/mol. The smallest absolute Gasteiger partial charge is 0.137 e. The lowest BCUT2D eigenvalue weighted by Crippen LogP contribution is -2.00. The highest BCUT2D eigenvalue weighted by molar-refractivity contribution is 6.09. The molecule has 5 heteroatoms. The molecule has 0 N–H and O–H groups in total. The van der Waals surface area contributed by atoms with Crippen LogP contribution >= 0.6 is 0 Å². The Balaban J connectivity index is 1.32. The zero-order valence-corrected chi connectivity index (χ0v) is 25.2. The Hall–Kier alpha value is -5.16. The van der Waals surface area contributed by atoms with Crippen LogP contribution in [0.1, 0.15) is 35.0 Å². The molecule has 7 aromatic rings. The number of aromatic nitrogens is 4. The number of hydrogen-bond donors (Lipinski definition) is 0. The Morgan fingerprint density at radius 2 is 1.53 bits per heavy atom. The van der Waals surface area contributed by atoms with Crippen molar-refractivity contribution in [1.29, 1.82) is 0 Å². The largest absolute Gasteiger partial charge is 0.457 e. The summed E-state index contributed by atoms with van der Waals surface area (Å²) in [7, 11) is 0.